The number of hydrogen-bond acceptors (Lipinski definition) is 6. The Hall–Kier alpha value is -1.24. The Balaban J connectivity index is 2.01. The summed E-state index contributed by atoms with van der Waals surface area (Å²) >= 11 is 1.72. The molecule has 0 saturated carbocycles. The lowest BCUT2D eigenvalue weighted by Crippen LogP contribution is -2.14. The summed E-state index contributed by atoms with van der Waals surface area (Å²) in [7, 11) is 0. The van der Waals surface area contributed by atoms with Crippen LogP contribution in [0.2, 0.25) is 0 Å². The average Bonchev–Trinajstić information content (AvgIpc) is 2.82. The third-order valence-corrected chi connectivity index (χ3v) is 3.72. The molecule has 0 bridgehead atoms. The Labute approximate surface area is 110 Å². The zero-order chi connectivity index (χ0) is 12.8. The van der Waals surface area contributed by atoms with Crippen molar-refractivity contribution < 1.29 is 4.74 Å². The lowest BCUT2D eigenvalue weighted by atomic mass is 10.3. The molecular formula is C12H18N4OS. The number of ether oxygens (including phenoxy) is 1. The van der Waals surface area contributed by atoms with Gasteiger partial charge in [-0.1, -0.05) is 6.92 Å². The van der Waals surface area contributed by atoms with Crippen molar-refractivity contribution in [2.45, 2.75) is 13.3 Å². The van der Waals surface area contributed by atoms with Gasteiger partial charge in [0.1, 0.15) is 17.0 Å². The maximum absolute atomic E-state index is 5.35. The quantitative estimate of drug-likeness (QED) is 0.745. The van der Waals surface area contributed by atoms with E-state index in [4.69, 9.17) is 10.5 Å². The molecular weight excluding hydrogens is 248 g/mol. The molecule has 0 atom stereocenters. The Morgan fingerprint density at radius 2 is 2.28 bits per heavy atom. The van der Waals surface area contributed by atoms with Crippen LogP contribution in [0.3, 0.4) is 0 Å². The molecule has 6 heteroatoms. The molecule has 2 heterocycles. The van der Waals surface area contributed by atoms with Crippen LogP contribution in [0, 0.1) is 0 Å². The normalized spacial score (nSPS) is 11.0. The highest BCUT2D eigenvalue weighted by molar-refractivity contribution is 7.18. The fourth-order valence-electron chi connectivity index (χ4n) is 1.65. The van der Waals surface area contributed by atoms with Crippen molar-refractivity contribution in [1.29, 1.82) is 0 Å². The van der Waals surface area contributed by atoms with Gasteiger partial charge in [0.15, 0.2) is 0 Å². The summed E-state index contributed by atoms with van der Waals surface area (Å²) in [5, 5.41) is 4.37. The second-order valence-electron chi connectivity index (χ2n) is 3.84. The zero-order valence-corrected chi connectivity index (χ0v) is 11.3. The van der Waals surface area contributed by atoms with Crippen molar-refractivity contribution in [2.24, 2.45) is 5.73 Å². The van der Waals surface area contributed by atoms with Gasteiger partial charge in [-0.3, -0.25) is 0 Å². The number of rotatable bonds is 7. The number of nitrogens with two attached hydrogens (primary N) is 1. The summed E-state index contributed by atoms with van der Waals surface area (Å²) in [6.07, 6.45) is 2.63. The van der Waals surface area contributed by atoms with Crippen LogP contribution in [0.1, 0.15) is 11.8 Å². The number of hydrogen-bond donors (Lipinski definition) is 2. The van der Waals surface area contributed by atoms with Gasteiger partial charge in [-0.2, -0.15) is 0 Å². The molecule has 3 N–H and O–H groups in total. The van der Waals surface area contributed by atoms with E-state index in [2.05, 4.69) is 28.3 Å². The summed E-state index contributed by atoms with van der Waals surface area (Å²) in [6, 6.07) is 2.16. The van der Waals surface area contributed by atoms with Crippen molar-refractivity contribution in [1.82, 2.24) is 9.97 Å². The van der Waals surface area contributed by atoms with Gasteiger partial charge >= 0.3 is 0 Å². The van der Waals surface area contributed by atoms with E-state index >= 15 is 0 Å². The molecule has 0 aliphatic heterocycles. The SMILES string of the molecule is CCc1cc2c(NCCOCCN)ncnc2s1. The van der Waals surface area contributed by atoms with Crippen LogP contribution >= 0.6 is 11.3 Å². The number of aromatic nitrogens is 2. The second-order valence-corrected chi connectivity index (χ2v) is 4.95. The standard InChI is InChI=1S/C12H18N4OS/c1-2-9-7-10-11(14-4-6-17-5-3-13)15-8-16-12(10)18-9/h7-8H,2-6,13H2,1H3,(H,14,15,16). The first-order valence-corrected chi connectivity index (χ1v) is 6.92. The van der Waals surface area contributed by atoms with E-state index in [-0.39, 0.29) is 0 Å². The minimum atomic E-state index is 0.558. The van der Waals surface area contributed by atoms with E-state index in [0.29, 0.717) is 19.8 Å². The predicted octanol–water partition coefficient (Wildman–Crippen LogP) is 1.64. The van der Waals surface area contributed by atoms with E-state index in [1.54, 1.807) is 17.7 Å². The van der Waals surface area contributed by atoms with E-state index in [0.717, 1.165) is 29.0 Å². The van der Waals surface area contributed by atoms with E-state index in [9.17, 15) is 0 Å². The molecule has 0 spiro atoms. The van der Waals surface area contributed by atoms with Crippen LogP contribution in [0.25, 0.3) is 10.2 Å². The van der Waals surface area contributed by atoms with Gasteiger partial charge in [0, 0.05) is 18.0 Å². The summed E-state index contributed by atoms with van der Waals surface area (Å²) < 4.78 is 5.31. The van der Waals surface area contributed by atoms with Gasteiger partial charge < -0.3 is 15.8 Å². The van der Waals surface area contributed by atoms with Gasteiger partial charge in [0.05, 0.1) is 18.6 Å². The third kappa shape index (κ3) is 3.16. The predicted molar refractivity (Wildman–Crippen MR) is 75.2 cm³/mol. The van der Waals surface area contributed by atoms with Crippen LogP contribution in [-0.2, 0) is 11.2 Å². The molecule has 2 rings (SSSR count). The summed E-state index contributed by atoms with van der Waals surface area (Å²) in [4.78, 5) is 10.9. The summed E-state index contributed by atoms with van der Waals surface area (Å²) in [5.74, 6) is 0.882. The van der Waals surface area contributed by atoms with Crippen molar-refractivity contribution in [3.05, 3.63) is 17.3 Å². The molecule has 5 nitrogen and oxygen atoms in total. The van der Waals surface area contributed by atoms with Gasteiger partial charge in [0.2, 0.25) is 0 Å². The number of thiophene rings is 1. The first-order valence-electron chi connectivity index (χ1n) is 6.10. The lowest BCUT2D eigenvalue weighted by molar-refractivity contribution is 0.151. The van der Waals surface area contributed by atoms with Crippen LogP contribution in [0.15, 0.2) is 12.4 Å². The highest BCUT2D eigenvalue weighted by Gasteiger charge is 2.07. The number of nitrogens with zero attached hydrogens (tertiary/aromatic N) is 2. The van der Waals surface area contributed by atoms with Crippen molar-refractivity contribution in [3.63, 3.8) is 0 Å². The minimum absolute atomic E-state index is 0.558. The van der Waals surface area contributed by atoms with Crippen molar-refractivity contribution in [2.75, 3.05) is 31.6 Å². The highest BCUT2D eigenvalue weighted by atomic mass is 32.1. The molecule has 18 heavy (non-hydrogen) atoms. The lowest BCUT2D eigenvalue weighted by Gasteiger charge is -2.06. The first-order chi connectivity index (χ1) is 8.85. The highest BCUT2D eigenvalue weighted by Crippen LogP contribution is 2.28. The molecule has 98 valence electrons. The fraction of sp³-hybridized carbons (Fsp3) is 0.500. The monoisotopic (exact) mass is 266 g/mol. The number of aryl methyl sites for hydroxylation is 1. The molecule has 0 radical (unpaired) electrons. The van der Waals surface area contributed by atoms with Gasteiger partial charge in [-0.25, -0.2) is 9.97 Å². The van der Waals surface area contributed by atoms with Crippen LogP contribution < -0.4 is 11.1 Å². The molecule has 0 aromatic carbocycles. The molecule has 0 saturated heterocycles. The zero-order valence-electron chi connectivity index (χ0n) is 10.5. The smallest absolute Gasteiger partial charge is 0.138 e. The Morgan fingerprint density at radius 3 is 3.06 bits per heavy atom. The fourth-order valence-corrected chi connectivity index (χ4v) is 2.58. The van der Waals surface area contributed by atoms with Gasteiger partial charge in [0.25, 0.3) is 0 Å². The molecule has 0 aliphatic rings. The number of anilines is 1. The molecule has 2 aromatic heterocycles. The average molecular weight is 266 g/mol. The molecule has 2 aromatic rings. The van der Waals surface area contributed by atoms with Gasteiger partial charge in [-0.15, -0.1) is 11.3 Å². The van der Waals surface area contributed by atoms with Crippen LogP contribution in [0.4, 0.5) is 5.82 Å². The Morgan fingerprint density at radius 1 is 1.39 bits per heavy atom. The Bertz CT molecular complexity index is 500. The third-order valence-electron chi connectivity index (χ3n) is 2.53. The van der Waals surface area contributed by atoms with Crippen molar-refractivity contribution in [3.8, 4) is 0 Å². The van der Waals surface area contributed by atoms with E-state index < -0.39 is 0 Å². The van der Waals surface area contributed by atoms with E-state index in [1.807, 2.05) is 0 Å². The molecule has 0 aliphatic carbocycles. The molecule has 0 fully saturated rings. The topological polar surface area (TPSA) is 73.1 Å². The largest absolute Gasteiger partial charge is 0.378 e. The molecule has 0 amide bonds. The number of fused-ring (bicyclic) bond motifs is 1. The number of nitrogens with one attached hydrogen (secondary N) is 1. The minimum Gasteiger partial charge on any atom is -0.378 e. The summed E-state index contributed by atoms with van der Waals surface area (Å²) in [6.45, 7) is 4.66. The molecule has 0 unspecified atom stereocenters. The van der Waals surface area contributed by atoms with Crippen LogP contribution in [-0.4, -0.2) is 36.3 Å². The summed E-state index contributed by atoms with van der Waals surface area (Å²) in [5.41, 5.74) is 5.35. The maximum Gasteiger partial charge on any atom is 0.138 e. The maximum atomic E-state index is 5.35. The second kappa shape index (κ2) is 6.63. The Kier molecular flexibility index (Phi) is 4.86. The van der Waals surface area contributed by atoms with Gasteiger partial charge in [-0.05, 0) is 12.5 Å². The van der Waals surface area contributed by atoms with Crippen molar-refractivity contribution >= 4 is 27.4 Å². The van der Waals surface area contributed by atoms with E-state index in [1.165, 1.54) is 4.88 Å². The first kappa shape index (κ1) is 13.2. The van der Waals surface area contributed by atoms with Crippen LogP contribution in [0.5, 0.6) is 0 Å².